The molecule has 1 aliphatic carbocycles. The molecule has 2 rings (SSSR count). The summed E-state index contributed by atoms with van der Waals surface area (Å²) in [6.45, 7) is 4.17. The van der Waals surface area contributed by atoms with E-state index in [0.29, 0.717) is 23.0 Å². The van der Waals surface area contributed by atoms with Crippen molar-refractivity contribution in [2.24, 2.45) is 0 Å². The highest BCUT2D eigenvalue weighted by atomic mass is 79.9. The van der Waals surface area contributed by atoms with Gasteiger partial charge in [0.1, 0.15) is 0 Å². The van der Waals surface area contributed by atoms with Gasteiger partial charge in [-0.25, -0.2) is 4.79 Å². The van der Waals surface area contributed by atoms with Crippen LogP contribution < -0.4 is 5.32 Å². The summed E-state index contributed by atoms with van der Waals surface area (Å²) in [6, 6.07) is 1.14. The Morgan fingerprint density at radius 3 is 2.86 bits per heavy atom. The zero-order chi connectivity index (χ0) is 10.3. The maximum absolute atomic E-state index is 11.7. The number of nitrogens with one attached hydrogen (secondary N) is 1. The van der Waals surface area contributed by atoms with Gasteiger partial charge < -0.3 is 10.2 Å². The van der Waals surface area contributed by atoms with Crippen molar-refractivity contribution in [1.29, 1.82) is 0 Å². The minimum absolute atomic E-state index is 0.112. The van der Waals surface area contributed by atoms with Crippen molar-refractivity contribution in [2.75, 3.05) is 0 Å². The fraction of sp³-hybridized carbons (Fsp3) is 0.900. The molecule has 80 valence electrons. The lowest BCUT2D eigenvalue weighted by Crippen LogP contribution is -2.46. The van der Waals surface area contributed by atoms with Crippen molar-refractivity contribution < 1.29 is 4.79 Å². The van der Waals surface area contributed by atoms with Gasteiger partial charge in [-0.2, -0.15) is 0 Å². The van der Waals surface area contributed by atoms with E-state index in [4.69, 9.17) is 0 Å². The second-order valence-corrected chi connectivity index (χ2v) is 5.67. The minimum Gasteiger partial charge on any atom is -0.332 e. The second-order valence-electron chi connectivity index (χ2n) is 4.49. The van der Waals surface area contributed by atoms with Gasteiger partial charge in [0.05, 0.1) is 12.1 Å². The number of urea groups is 1. The highest BCUT2D eigenvalue weighted by Gasteiger charge is 2.45. The van der Waals surface area contributed by atoms with Crippen LogP contribution in [-0.2, 0) is 0 Å². The number of alkyl halides is 1. The Balaban J connectivity index is 2.17. The van der Waals surface area contributed by atoms with Crippen LogP contribution in [0.3, 0.4) is 0 Å². The van der Waals surface area contributed by atoms with Gasteiger partial charge in [0, 0.05) is 10.9 Å². The highest BCUT2D eigenvalue weighted by molar-refractivity contribution is 9.09. The lowest BCUT2D eigenvalue weighted by molar-refractivity contribution is 0.170. The summed E-state index contributed by atoms with van der Waals surface area (Å²) in [5, 5.41) is 3.08. The number of hydrogen-bond acceptors (Lipinski definition) is 1. The van der Waals surface area contributed by atoms with Gasteiger partial charge in [0.15, 0.2) is 0 Å². The largest absolute Gasteiger partial charge is 0.332 e. The van der Waals surface area contributed by atoms with E-state index in [-0.39, 0.29) is 6.03 Å². The number of amides is 2. The minimum atomic E-state index is 0.112. The first kappa shape index (κ1) is 10.3. The van der Waals surface area contributed by atoms with Crippen molar-refractivity contribution in [3.63, 3.8) is 0 Å². The normalized spacial score (nSPS) is 37.3. The molecule has 3 unspecified atom stereocenters. The third kappa shape index (κ3) is 1.53. The molecular weight excluding hydrogens is 244 g/mol. The first-order valence-corrected chi connectivity index (χ1v) is 6.25. The summed E-state index contributed by atoms with van der Waals surface area (Å²) >= 11 is 3.66. The van der Waals surface area contributed by atoms with Crippen molar-refractivity contribution in [1.82, 2.24) is 10.2 Å². The highest BCUT2D eigenvalue weighted by Crippen LogP contribution is 2.33. The van der Waals surface area contributed by atoms with E-state index in [1.165, 1.54) is 12.8 Å². The van der Waals surface area contributed by atoms with E-state index < -0.39 is 0 Å². The van der Waals surface area contributed by atoms with Crippen molar-refractivity contribution in [3.05, 3.63) is 0 Å². The van der Waals surface area contributed by atoms with Crippen molar-refractivity contribution >= 4 is 22.0 Å². The molecule has 2 fully saturated rings. The van der Waals surface area contributed by atoms with Crippen LogP contribution in [0.1, 0.15) is 33.1 Å². The maximum atomic E-state index is 11.7. The summed E-state index contributed by atoms with van der Waals surface area (Å²) < 4.78 is 0. The standard InChI is InChI=1S/C10H17BrN2O/c1-6(2)13-8-5-3-4-7(11)9(8)12-10(13)14/h6-9H,3-5H2,1-2H3,(H,12,14). The van der Waals surface area contributed by atoms with Crippen molar-refractivity contribution in [3.8, 4) is 0 Å². The molecule has 4 heteroatoms. The average Bonchev–Trinajstić information content (AvgIpc) is 2.42. The number of nitrogens with zero attached hydrogens (tertiary/aromatic N) is 1. The van der Waals surface area contributed by atoms with Gasteiger partial charge in [0.2, 0.25) is 0 Å². The van der Waals surface area contributed by atoms with E-state index in [0.717, 1.165) is 6.42 Å². The number of hydrogen-bond donors (Lipinski definition) is 1. The fourth-order valence-corrected chi connectivity index (χ4v) is 3.41. The van der Waals surface area contributed by atoms with Crippen LogP contribution in [0.15, 0.2) is 0 Å². The number of halogens is 1. The molecule has 1 saturated heterocycles. The smallest absolute Gasteiger partial charge is 0.318 e. The quantitative estimate of drug-likeness (QED) is 0.720. The van der Waals surface area contributed by atoms with Crippen LogP contribution in [-0.4, -0.2) is 33.9 Å². The molecule has 2 aliphatic rings. The first-order chi connectivity index (χ1) is 6.61. The van der Waals surface area contributed by atoms with E-state index in [1.807, 2.05) is 4.90 Å². The summed E-state index contributed by atoms with van der Waals surface area (Å²) in [4.78, 5) is 14.2. The Hall–Kier alpha value is -0.250. The van der Waals surface area contributed by atoms with Crippen LogP contribution in [0.4, 0.5) is 4.79 Å². The van der Waals surface area contributed by atoms with Gasteiger partial charge in [-0.3, -0.25) is 0 Å². The monoisotopic (exact) mass is 260 g/mol. The van der Waals surface area contributed by atoms with Crippen LogP contribution in [0, 0.1) is 0 Å². The van der Waals surface area contributed by atoms with Crippen LogP contribution in [0.25, 0.3) is 0 Å². The van der Waals surface area contributed by atoms with Crippen LogP contribution in [0.5, 0.6) is 0 Å². The third-order valence-electron chi connectivity index (χ3n) is 3.22. The van der Waals surface area contributed by atoms with Crippen LogP contribution >= 0.6 is 15.9 Å². The molecule has 0 aromatic carbocycles. The summed E-state index contributed by atoms with van der Waals surface area (Å²) in [7, 11) is 0. The molecular formula is C10H17BrN2O. The first-order valence-electron chi connectivity index (χ1n) is 5.34. The SMILES string of the molecule is CC(C)N1C(=O)NC2C(Br)CCCC21. The maximum Gasteiger partial charge on any atom is 0.318 e. The molecule has 0 bridgehead atoms. The molecule has 3 atom stereocenters. The molecule has 3 nitrogen and oxygen atoms in total. The van der Waals surface area contributed by atoms with Gasteiger partial charge in [-0.05, 0) is 26.7 Å². The molecule has 0 radical (unpaired) electrons. The summed E-state index contributed by atoms with van der Waals surface area (Å²) in [6.07, 6.45) is 3.53. The Kier molecular flexibility index (Phi) is 2.73. The Bertz CT molecular complexity index is 244. The number of carbonyl (C=O) groups is 1. The van der Waals surface area contributed by atoms with E-state index in [1.54, 1.807) is 0 Å². The molecule has 2 amide bonds. The van der Waals surface area contributed by atoms with Crippen molar-refractivity contribution in [2.45, 2.75) is 56.1 Å². The van der Waals surface area contributed by atoms with E-state index >= 15 is 0 Å². The fourth-order valence-electron chi connectivity index (χ4n) is 2.61. The molecule has 0 spiro atoms. The lowest BCUT2D eigenvalue weighted by Gasteiger charge is -2.34. The molecule has 0 aromatic heterocycles. The molecule has 1 heterocycles. The number of fused-ring (bicyclic) bond motifs is 1. The number of carbonyl (C=O) groups excluding carboxylic acids is 1. The topological polar surface area (TPSA) is 32.3 Å². The van der Waals surface area contributed by atoms with E-state index in [2.05, 4.69) is 35.1 Å². The van der Waals surface area contributed by atoms with E-state index in [9.17, 15) is 4.79 Å². The van der Waals surface area contributed by atoms with Gasteiger partial charge in [-0.15, -0.1) is 0 Å². The lowest BCUT2D eigenvalue weighted by atomic mass is 9.90. The third-order valence-corrected chi connectivity index (χ3v) is 4.25. The molecule has 14 heavy (non-hydrogen) atoms. The Labute approximate surface area is 93.4 Å². The van der Waals surface area contributed by atoms with Gasteiger partial charge in [-0.1, -0.05) is 22.4 Å². The predicted molar refractivity (Wildman–Crippen MR) is 59.6 cm³/mol. The average molecular weight is 261 g/mol. The Morgan fingerprint density at radius 1 is 1.50 bits per heavy atom. The summed E-state index contributed by atoms with van der Waals surface area (Å²) in [5.74, 6) is 0. The summed E-state index contributed by atoms with van der Waals surface area (Å²) in [5.41, 5.74) is 0. The zero-order valence-corrected chi connectivity index (χ0v) is 10.3. The molecule has 0 aromatic rings. The molecule has 1 N–H and O–H groups in total. The molecule has 1 aliphatic heterocycles. The van der Waals surface area contributed by atoms with Gasteiger partial charge >= 0.3 is 6.03 Å². The Morgan fingerprint density at radius 2 is 2.21 bits per heavy atom. The van der Waals surface area contributed by atoms with Crippen LogP contribution in [0.2, 0.25) is 0 Å². The predicted octanol–water partition coefficient (Wildman–Crippen LogP) is 2.10. The molecule has 1 saturated carbocycles. The number of rotatable bonds is 1. The zero-order valence-electron chi connectivity index (χ0n) is 8.66. The van der Waals surface area contributed by atoms with Gasteiger partial charge in [0.25, 0.3) is 0 Å². The second kappa shape index (κ2) is 3.72.